The number of sulfonamides is 1. The number of nitrogens with zero attached hydrogens (tertiary/aromatic N) is 3. The van der Waals surface area contributed by atoms with Crippen LogP contribution < -0.4 is 9.47 Å². The van der Waals surface area contributed by atoms with Crippen LogP contribution in [-0.2, 0) is 10.0 Å². The number of para-hydroxylation sites is 2. The molecule has 0 N–H and O–H groups in total. The molecule has 31 heavy (non-hydrogen) atoms. The number of ether oxygens (including phenoxy) is 2. The fraction of sp³-hybridized carbons (Fsp3) is 0.273. The summed E-state index contributed by atoms with van der Waals surface area (Å²) < 4.78 is 38.9. The Hall–Kier alpha value is -3.17. The van der Waals surface area contributed by atoms with Crippen molar-refractivity contribution in [2.45, 2.75) is 11.8 Å². The molecule has 2 aliphatic heterocycles. The lowest BCUT2D eigenvalue weighted by atomic mass is 10.1. The quantitative estimate of drug-likeness (QED) is 0.623. The smallest absolute Gasteiger partial charge is 0.257 e. The number of aromatic nitrogens is 1. The summed E-state index contributed by atoms with van der Waals surface area (Å²) in [5.74, 6) is 0.798. The molecule has 0 spiro atoms. The van der Waals surface area contributed by atoms with Gasteiger partial charge in [0.1, 0.15) is 4.90 Å². The molecule has 2 aromatic carbocycles. The maximum Gasteiger partial charge on any atom is 0.257 e. The van der Waals surface area contributed by atoms with Crippen LogP contribution in [0.4, 0.5) is 0 Å². The van der Waals surface area contributed by atoms with Gasteiger partial charge in [0.05, 0.1) is 11.1 Å². The van der Waals surface area contributed by atoms with E-state index in [-0.39, 0.29) is 30.7 Å². The molecule has 2 aliphatic rings. The second kappa shape index (κ2) is 7.51. The van der Waals surface area contributed by atoms with Gasteiger partial charge < -0.3 is 14.4 Å². The fourth-order valence-corrected chi connectivity index (χ4v) is 5.58. The normalized spacial score (nSPS) is 16.6. The van der Waals surface area contributed by atoms with Crippen molar-refractivity contribution in [3.63, 3.8) is 0 Å². The molecule has 0 saturated carbocycles. The molecule has 0 aliphatic carbocycles. The van der Waals surface area contributed by atoms with Crippen LogP contribution in [0.5, 0.6) is 11.5 Å². The molecule has 1 aromatic heterocycles. The van der Waals surface area contributed by atoms with E-state index in [1.54, 1.807) is 41.4 Å². The van der Waals surface area contributed by atoms with E-state index in [1.807, 2.05) is 19.1 Å². The number of fused-ring (bicyclic) bond motifs is 2. The summed E-state index contributed by atoms with van der Waals surface area (Å²) in [6, 6.07) is 12.3. The van der Waals surface area contributed by atoms with Crippen LogP contribution in [0.25, 0.3) is 10.9 Å². The Morgan fingerprint density at radius 1 is 1.03 bits per heavy atom. The van der Waals surface area contributed by atoms with Crippen molar-refractivity contribution in [2.24, 2.45) is 0 Å². The minimum atomic E-state index is -3.74. The Balaban J connectivity index is 1.36. The summed E-state index contributed by atoms with van der Waals surface area (Å²) in [6.07, 6.45) is 1.67. The number of piperazine rings is 1. The van der Waals surface area contributed by atoms with Crippen LogP contribution in [0.15, 0.2) is 53.6 Å². The average Bonchev–Trinajstić information content (AvgIpc) is 3.27. The number of carbonyl (C=O) groups excluding carboxylic acids is 1. The molecule has 8 nitrogen and oxygen atoms in total. The van der Waals surface area contributed by atoms with Gasteiger partial charge in [-0.2, -0.15) is 4.31 Å². The highest BCUT2D eigenvalue weighted by Crippen LogP contribution is 2.36. The standard InChI is InChI=1S/C22H21N3O5S/c1-15-12-16-4-2-7-19(20(16)23-13-15)31(27,28)25-10-8-24(9-11-25)22(26)17-5-3-6-18-21(17)30-14-29-18/h2-7,12-13H,8-11,14H2,1H3. The van der Waals surface area contributed by atoms with E-state index in [0.29, 0.717) is 35.7 Å². The maximum absolute atomic E-state index is 13.3. The molecule has 1 fully saturated rings. The van der Waals surface area contributed by atoms with E-state index >= 15 is 0 Å². The van der Waals surface area contributed by atoms with Crippen LogP contribution in [0.2, 0.25) is 0 Å². The number of rotatable bonds is 3. The van der Waals surface area contributed by atoms with E-state index < -0.39 is 10.0 Å². The van der Waals surface area contributed by atoms with Crippen LogP contribution in [0, 0.1) is 6.92 Å². The summed E-state index contributed by atoms with van der Waals surface area (Å²) in [5, 5.41) is 0.787. The van der Waals surface area contributed by atoms with E-state index in [4.69, 9.17) is 9.47 Å². The summed E-state index contributed by atoms with van der Waals surface area (Å²) in [4.78, 5) is 19.2. The van der Waals surface area contributed by atoms with Gasteiger partial charge in [-0.3, -0.25) is 9.78 Å². The number of hydrogen-bond acceptors (Lipinski definition) is 6. The number of carbonyl (C=O) groups is 1. The Morgan fingerprint density at radius 3 is 2.61 bits per heavy atom. The highest BCUT2D eigenvalue weighted by molar-refractivity contribution is 7.89. The average molecular weight is 439 g/mol. The highest BCUT2D eigenvalue weighted by atomic mass is 32.2. The largest absolute Gasteiger partial charge is 0.454 e. The second-order valence-corrected chi connectivity index (χ2v) is 9.48. The van der Waals surface area contributed by atoms with Crippen molar-refractivity contribution in [3.05, 3.63) is 59.8 Å². The lowest BCUT2D eigenvalue weighted by molar-refractivity contribution is 0.0693. The molecular formula is C22H21N3O5S. The van der Waals surface area contributed by atoms with Gasteiger partial charge in [-0.1, -0.05) is 18.2 Å². The zero-order chi connectivity index (χ0) is 21.6. The van der Waals surface area contributed by atoms with Gasteiger partial charge in [0, 0.05) is 37.8 Å². The van der Waals surface area contributed by atoms with E-state index in [1.165, 1.54) is 4.31 Å². The Kier molecular flexibility index (Phi) is 4.79. The Morgan fingerprint density at radius 2 is 1.81 bits per heavy atom. The van der Waals surface area contributed by atoms with Crippen LogP contribution in [0.1, 0.15) is 15.9 Å². The first-order valence-electron chi connectivity index (χ1n) is 9.98. The predicted octanol–water partition coefficient (Wildman–Crippen LogP) is 2.42. The van der Waals surface area contributed by atoms with Gasteiger partial charge >= 0.3 is 0 Å². The van der Waals surface area contributed by atoms with Crippen molar-refractivity contribution in [1.82, 2.24) is 14.2 Å². The number of aryl methyl sites for hydroxylation is 1. The Bertz CT molecular complexity index is 1280. The molecule has 3 aromatic rings. The van der Waals surface area contributed by atoms with Crippen LogP contribution >= 0.6 is 0 Å². The third-order valence-corrected chi connectivity index (χ3v) is 7.51. The van der Waals surface area contributed by atoms with Gasteiger partial charge in [-0.05, 0) is 36.8 Å². The Labute approximate surface area is 180 Å². The molecule has 0 unspecified atom stereocenters. The van der Waals surface area contributed by atoms with Gasteiger partial charge in [0.15, 0.2) is 11.5 Å². The topological polar surface area (TPSA) is 89.0 Å². The SMILES string of the molecule is Cc1cnc2c(S(=O)(=O)N3CCN(C(=O)c4cccc5c4OCO5)CC3)cccc2c1. The molecule has 5 rings (SSSR count). The molecule has 0 bridgehead atoms. The molecule has 1 amide bonds. The third-order valence-electron chi connectivity index (χ3n) is 5.58. The minimum absolute atomic E-state index is 0.0875. The first-order chi connectivity index (χ1) is 14.9. The fourth-order valence-electron chi connectivity index (χ4n) is 3.99. The highest BCUT2D eigenvalue weighted by Gasteiger charge is 2.33. The molecule has 160 valence electrons. The summed E-state index contributed by atoms with van der Waals surface area (Å²) in [6.45, 7) is 3.01. The van der Waals surface area contributed by atoms with Crippen molar-refractivity contribution < 1.29 is 22.7 Å². The number of benzene rings is 2. The van der Waals surface area contributed by atoms with Crippen molar-refractivity contribution in [1.29, 1.82) is 0 Å². The van der Waals surface area contributed by atoms with Crippen molar-refractivity contribution >= 4 is 26.8 Å². The molecule has 0 radical (unpaired) electrons. The molecular weight excluding hydrogens is 418 g/mol. The van der Waals surface area contributed by atoms with Crippen molar-refractivity contribution in [2.75, 3.05) is 33.0 Å². The monoisotopic (exact) mass is 439 g/mol. The van der Waals surface area contributed by atoms with Crippen LogP contribution in [0.3, 0.4) is 0 Å². The minimum Gasteiger partial charge on any atom is -0.454 e. The van der Waals surface area contributed by atoms with E-state index in [0.717, 1.165) is 10.9 Å². The van der Waals surface area contributed by atoms with E-state index in [2.05, 4.69) is 4.98 Å². The van der Waals surface area contributed by atoms with Gasteiger partial charge in [0.2, 0.25) is 16.8 Å². The maximum atomic E-state index is 13.3. The number of amides is 1. The lowest BCUT2D eigenvalue weighted by Gasteiger charge is -2.34. The lowest BCUT2D eigenvalue weighted by Crippen LogP contribution is -2.50. The summed E-state index contributed by atoms with van der Waals surface area (Å²) in [7, 11) is -3.74. The van der Waals surface area contributed by atoms with Crippen molar-refractivity contribution in [3.8, 4) is 11.5 Å². The predicted molar refractivity (Wildman–Crippen MR) is 114 cm³/mol. The molecule has 3 heterocycles. The summed E-state index contributed by atoms with van der Waals surface area (Å²) in [5.41, 5.74) is 1.86. The first-order valence-corrected chi connectivity index (χ1v) is 11.4. The number of pyridine rings is 1. The first kappa shape index (κ1) is 19.8. The zero-order valence-corrected chi connectivity index (χ0v) is 17.8. The molecule has 9 heteroatoms. The molecule has 1 saturated heterocycles. The zero-order valence-electron chi connectivity index (χ0n) is 16.9. The molecule has 0 atom stereocenters. The summed E-state index contributed by atoms with van der Waals surface area (Å²) >= 11 is 0. The third kappa shape index (κ3) is 3.39. The van der Waals surface area contributed by atoms with Crippen LogP contribution in [-0.4, -0.2) is 61.5 Å². The second-order valence-electron chi connectivity index (χ2n) is 7.58. The van der Waals surface area contributed by atoms with E-state index in [9.17, 15) is 13.2 Å². The van der Waals surface area contributed by atoms with Gasteiger partial charge in [-0.25, -0.2) is 8.42 Å². The van der Waals surface area contributed by atoms with Gasteiger partial charge in [-0.15, -0.1) is 0 Å². The number of hydrogen-bond donors (Lipinski definition) is 0. The van der Waals surface area contributed by atoms with Gasteiger partial charge in [0.25, 0.3) is 5.91 Å².